The highest BCUT2D eigenvalue weighted by molar-refractivity contribution is 7.98. The average molecular weight is 450 g/mol. The Labute approximate surface area is 178 Å². The third-order valence-corrected chi connectivity index (χ3v) is 8.71. The predicted molar refractivity (Wildman–Crippen MR) is 118 cm³/mol. The number of aryl methyl sites for hydroxylation is 1. The number of sulfone groups is 1. The second-order valence-electron chi connectivity index (χ2n) is 7.30. The molecule has 1 N–H and O–H groups in total. The van der Waals surface area contributed by atoms with Gasteiger partial charge in [0.2, 0.25) is 0 Å². The van der Waals surface area contributed by atoms with E-state index in [2.05, 4.69) is 33.5 Å². The predicted octanol–water partition coefficient (Wildman–Crippen LogP) is 3.59. The second-order valence-corrected chi connectivity index (χ2v) is 11.3. The highest BCUT2D eigenvalue weighted by Gasteiger charge is 2.29. The fourth-order valence-corrected chi connectivity index (χ4v) is 6.85. The number of anilines is 2. The van der Waals surface area contributed by atoms with E-state index < -0.39 is 9.84 Å². The molecule has 0 aliphatic carbocycles. The number of hydrogen-bond donors (Lipinski definition) is 1. The Morgan fingerprint density at radius 2 is 2.14 bits per heavy atom. The normalized spacial score (nSPS) is 18.2. The Bertz CT molecular complexity index is 1110. The minimum absolute atomic E-state index is 0.148. The fraction of sp³-hybridized carbons (Fsp3) is 0.421. The second kappa shape index (κ2) is 8.45. The van der Waals surface area contributed by atoms with Crippen LogP contribution in [0.3, 0.4) is 0 Å². The molecule has 1 aliphatic rings. The number of benzene rings is 1. The molecule has 1 saturated heterocycles. The van der Waals surface area contributed by atoms with E-state index in [0.29, 0.717) is 24.3 Å². The number of rotatable bonds is 7. The zero-order chi connectivity index (χ0) is 20.4. The van der Waals surface area contributed by atoms with Gasteiger partial charge in [-0.3, -0.25) is 0 Å². The molecule has 10 heteroatoms. The molecular formula is C19H23N5O2S3. The van der Waals surface area contributed by atoms with Crippen LogP contribution in [-0.2, 0) is 29.1 Å². The van der Waals surface area contributed by atoms with Crippen molar-refractivity contribution in [2.45, 2.75) is 30.7 Å². The van der Waals surface area contributed by atoms with Crippen molar-refractivity contribution in [1.29, 1.82) is 0 Å². The van der Waals surface area contributed by atoms with Crippen molar-refractivity contribution in [3.63, 3.8) is 0 Å². The first kappa shape index (κ1) is 20.4. The van der Waals surface area contributed by atoms with Crippen molar-refractivity contribution in [1.82, 2.24) is 19.7 Å². The molecule has 3 aromatic rings. The number of aromatic nitrogens is 4. The zero-order valence-corrected chi connectivity index (χ0v) is 18.8. The van der Waals surface area contributed by atoms with Crippen molar-refractivity contribution in [2.75, 3.05) is 16.8 Å². The lowest BCUT2D eigenvalue weighted by Crippen LogP contribution is -2.11. The van der Waals surface area contributed by atoms with E-state index in [9.17, 15) is 8.42 Å². The van der Waals surface area contributed by atoms with E-state index in [1.165, 1.54) is 5.56 Å². The van der Waals surface area contributed by atoms with Crippen LogP contribution in [0.2, 0.25) is 0 Å². The maximum absolute atomic E-state index is 11.7. The molecule has 0 amide bonds. The molecule has 1 unspecified atom stereocenters. The van der Waals surface area contributed by atoms with Crippen LogP contribution in [0.15, 0.2) is 34.8 Å². The molecule has 29 heavy (non-hydrogen) atoms. The fourth-order valence-electron chi connectivity index (χ4n) is 3.34. The van der Waals surface area contributed by atoms with Crippen molar-refractivity contribution in [2.24, 2.45) is 13.0 Å². The van der Waals surface area contributed by atoms with E-state index in [4.69, 9.17) is 0 Å². The number of nitrogens with one attached hydrogen (secondary N) is 1. The van der Waals surface area contributed by atoms with E-state index >= 15 is 0 Å². The monoisotopic (exact) mass is 449 g/mol. The van der Waals surface area contributed by atoms with Crippen LogP contribution in [0.5, 0.6) is 0 Å². The zero-order valence-electron chi connectivity index (χ0n) is 16.3. The smallest absolute Gasteiger partial charge is 0.191 e. The summed E-state index contributed by atoms with van der Waals surface area (Å²) in [5.41, 5.74) is 3.23. The minimum atomic E-state index is -2.87. The molecular weight excluding hydrogens is 426 g/mol. The van der Waals surface area contributed by atoms with Crippen molar-refractivity contribution < 1.29 is 8.42 Å². The molecule has 0 bridgehead atoms. The SMILES string of the molecule is Cc1ccccc1Nc1nc(CSc2nnc(CC3CCS(=O)(=O)C3)n2C)cs1. The Balaban J connectivity index is 1.35. The summed E-state index contributed by atoms with van der Waals surface area (Å²) in [6.07, 6.45) is 1.37. The molecule has 3 heterocycles. The van der Waals surface area contributed by atoms with E-state index in [0.717, 1.165) is 27.5 Å². The quantitative estimate of drug-likeness (QED) is 0.551. The Kier molecular flexibility index (Phi) is 5.93. The van der Waals surface area contributed by atoms with Crippen LogP contribution in [0.4, 0.5) is 10.8 Å². The lowest BCUT2D eigenvalue weighted by Gasteiger charge is -2.07. The molecule has 0 radical (unpaired) electrons. The molecule has 1 aromatic carbocycles. The summed E-state index contributed by atoms with van der Waals surface area (Å²) in [6.45, 7) is 2.07. The molecule has 0 spiro atoms. The average Bonchev–Trinajstić information content (AvgIpc) is 3.36. The van der Waals surface area contributed by atoms with Crippen LogP contribution in [0.1, 0.15) is 23.5 Å². The molecule has 0 saturated carbocycles. The van der Waals surface area contributed by atoms with Gasteiger partial charge in [0.1, 0.15) is 5.82 Å². The molecule has 1 fully saturated rings. The van der Waals surface area contributed by atoms with E-state index in [1.54, 1.807) is 23.1 Å². The summed E-state index contributed by atoms with van der Waals surface area (Å²) in [7, 11) is -0.929. The lowest BCUT2D eigenvalue weighted by atomic mass is 10.1. The first-order valence-corrected chi connectivity index (χ1v) is 13.1. The number of nitrogens with zero attached hydrogens (tertiary/aromatic N) is 4. The Morgan fingerprint density at radius 3 is 2.90 bits per heavy atom. The van der Waals surface area contributed by atoms with Gasteiger partial charge in [-0.15, -0.1) is 21.5 Å². The number of hydrogen-bond acceptors (Lipinski definition) is 8. The van der Waals surface area contributed by atoms with Crippen LogP contribution in [-0.4, -0.2) is 39.7 Å². The van der Waals surface area contributed by atoms with Gasteiger partial charge in [0.15, 0.2) is 20.1 Å². The van der Waals surface area contributed by atoms with Crippen LogP contribution < -0.4 is 5.32 Å². The van der Waals surface area contributed by atoms with E-state index in [1.807, 2.05) is 35.2 Å². The van der Waals surface area contributed by atoms with Gasteiger partial charge >= 0.3 is 0 Å². The first-order chi connectivity index (χ1) is 13.9. The largest absolute Gasteiger partial charge is 0.331 e. The molecule has 4 rings (SSSR count). The summed E-state index contributed by atoms with van der Waals surface area (Å²) in [6, 6.07) is 8.14. The van der Waals surface area contributed by atoms with Crippen molar-refractivity contribution in [3.8, 4) is 0 Å². The summed E-state index contributed by atoms with van der Waals surface area (Å²) >= 11 is 3.17. The summed E-state index contributed by atoms with van der Waals surface area (Å²) in [5.74, 6) is 2.25. The van der Waals surface area contributed by atoms with Gasteiger partial charge < -0.3 is 9.88 Å². The maximum atomic E-state index is 11.7. The van der Waals surface area contributed by atoms with Crippen LogP contribution in [0.25, 0.3) is 0 Å². The summed E-state index contributed by atoms with van der Waals surface area (Å²) in [4.78, 5) is 4.66. The van der Waals surface area contributed by atoms with Crippen LogP contribution >= 0.6 is 23.1 Å². The lowest BCUT2D eigenvalue weighted by molar-refractivity contribution is 0.552. The Morgan fingerprint density at radius 1 is 1.31 bits per heavy atom. The van der Waals surface area contributed by atoms with Gasteiger partial charge in [-0.2, -0.15) is 0 Å². The van der Waals surface area contributed by atoms with Gasteiger partial charge in [0.05, 0.1) is 17.2 Å². The highest BCUT2D eigenvalue weighted by atomic mass is 32.2. The molecule has 7 nitrogen and oxygen atoms in total. The summed E-state index contributed by atoms with van der Waals surface area (Å²) in [5, 5.41) is 15.7. The highest BCUT2D eigenvalue weighted by Crippen LogP contribution is 2.28. The molecule has 154 valence electrons. The van der Waals surface area contributed by atoms with Crippen molar-refractivity contribution >= 4 is 43.8 Å². The van der Waals surface area contributed by atoms with Gasteiger partial charge in [-0.25, -0.2) is 13.4 Å². The topological polar surface area (TPSA) is 89.8 Å². The third kappa shape index (κ3) is 4.99. The maximum Gasteiger partial charge on any atom is 0.191 e. The molecule has 1 atom stereocenters. The first-order valence-electron chi connectivity index (χ1n) is 9.38. The van der Waals surface area contributed by atoms with Crippen LogP contribution in [0, 0.1) is 12.8 Å². The van der Waals surface area contributed by atoms with Gasteiger partial charge in [-0.05, 0) is 30.9 Å². The number of para-hydroxylation sites is 1. The van der Waals surface area contributed by atoms with Gasteiger partial charge in [-0.1, -0.05) is 30.0 Å². The third-order valence-electron chi connectivity index (χ3n) is 5.01. The standard InChI is InChI=1S/C19H23N5O2S3/c1-13-5-3-4-6-16(13)21-18-20-15(10-27-18)11-28-19-23-22-17(24(19)2)9-14-7-8-29(25,26)12-14/h3-6,10,14H,7-9,11-12H2,1-2H3,(H,20,21). The number of thiazole rings is 1. The molecule has 2 aromatic heterocycles. The van der Waals surface area contributed by atoms with Gasteiger partial charge in [0.25, 0.3) is 0 Å². The Hall–Kier alpha value is -1.91. The summed E-state index contributed by atoms with van der Waals surface area (Å²) < 4.78 is 25.3. The minimum Gasteiger partial charge on any atom is -0.331 e. The van der Waals surface area contributed by atoms with E-state index in [-0.39, 0.29) is 11.7 Å². The molecule has 1 aliphatic heterocycles. The number of thioether (sulfide) groups is 1. The van der Waals surface area contributed by atoms with Crippen molar-refractivity contribution in [3.05, 3.63) is 46.7 Å². The van der Waals surface area contributed by atoms with Gasteiger partial charge in [0, 0.05) is 30.3 Å².